The van der Waals surface area contributed by atoms with Crippen LogP contribution in [-0.2, 0) is 28.5 Å². The molecule has 31 heavy (non-hydrogen) atoms. The van der Waals surface area contributed by atoms with Crippen molar-refractivity contribution in [1.82, 2.24) is 0 Å². The Morgan fingerprint density at radius 1 is 1.00 bits per heavy atom. The molecule has 6 atom stereocenters. The largest absolute Gasteiger partial charge is 0.393 e. The van der Waals surface area contributed by atoms with Crippen LogP contribution in [-0.4, -0.2) is 62.8 Å². The number of hydrogen-bond donors (Lipinski definition) is 1. The second kappa shape index (κ2) is 14.3. The van der Waals surface area contributed by atoms with E-state index in [0.29, 0.717) is 19.4 Å². The van der Waals surface area contributed by atoms with E-state index in [1.807, 2.05) is 0 Å². The Morgan fingerprint density at radius 3 is 2.48 bits per heavy atom. The normalized spacial score (nSPS) is 34.4. The van der Waals surface area contributed by atoms with E-state index >= 15 is 0 Å². The highest BCUT2D eigenvalue weighted by atomic mass is 16.7. The van der Waals surface area contributed by atoms with Gasteiger partial charge in [-0.15, -0.1) is 0 Å². The first-order chi connectivity index (χ1) is 15.3. The van der Waals surface area contributed by atoms with Crippen LogP contribution in [0.1, 0.15) is 70.6 Å². The molecule has 3 aliphatic rings. The summed E-state index contributed by atoms with van der Waals surface area (Å²) in [6.07, 6.45) is 14.5. The zero-order chi connectivity index (χ0) is 21.7. The van der Waals surface area contributed by atoms with E-state index in [0.717, 1.165) is 77.3 Å². The fourth-order valence-electron chi connectivity index (χ4n) is 4.70. The summed E-state index contributed by atoms with van der Waals surface area (Å²) in [5.41, 5.74) is 0. The summed E-state index contributed by atoms with van der Waals surface area (Å²) in [7, 11) is 0. The molecule has 178 valence electrons. The molecular formula is C24H40O7. The Balaban J connectivity index is 1.33. The number of aliphatic hydroxyl groups is 1. The van der Waals surface area contributed by atoms with Crippen LogP contribution >= 0.6 is 0 Å². The highest BCUT2D eigenvalue weighted by Gasteiger charge is 2.42. The Hall–Kier alpha value is -0.830. The summed E-state index contributed by atoms with van der Waals surface area (Å²) >= 11 is 0. The molecule has 0 aromatic heterocycles. The minimum atomic E-state index is -0.505. The Bertz CT molecular complexity index is 514. The predicted molar refractivity (Wildman–Crippen MR) is 115 cm³/mol. The number of allylic oxidation sites excluding steroid dienone is 1. The molecule has 0 aromatic rings. The standard InChI is InChI=1S/C24H40O7/c25-13-12-19-20(22(17-21(19)26)31-24-11-5-8-16-29-24)9-3-1-2-6-14-27-18-30-23-10-4-7-15-28-23/h3,9,13,19-24,26H,1-2,4-8,10-12,14-18H2/t19-,20-,21+,22-,23?,24?/m1/s1. The third-order valence-electron chi connectivity index (χ3n) is 6.47. The summed E-state index contributed by atoms with van der Waals surface area (Å²) < 4.78 is 28.5. The van der Waals surface area contributed by atoms with Gasteiger partial charge in [0.15, 0.2) is 12.6 Å². The molecule has 3 fully saturated rings. The van der Waals surface area contributed by atoms with E-state index in [1.54, 1.807) is 0 Å². The topological polar surface area (TPSA) is 83.5 Å². The highest BCUT2D eigenvalue weighted by Crippen LogP contribution is 2.38. The molecule has 2 unspecified atom stereocenters. The number of carbonyl (C=O) groups is 1. The lowest BCUT2D eigenvalue weighted by Crippen LogP contribution is -2.30. The van der Waals surface area contributed by atoms with E-state index in [1.165, 1.54) is 0 Å². The van der Waals surface area contributed by atoms with Crippen LogP contribution < -0.4 is 0 Å². The lowest BCUT2D eigenvalue weighted by atomic mass is 9.90. The fraction of sp³-hybridized carbons (Fsp3) is 0.875. The van der Waals surface area contributed by atoms with Crippen molar-refractivity contribution in [3.63, 3.8) is 0 Å². The van der Waals surface area contributed by atoms with Gasteiger partial charge < -0.3 is 33.6 Å². The molecule has 0 amide bonds. The molecule has 2 aliphatic heterocycles. The number of ether oxygens (including phenoxy) is 5. The van der Waals surface area contributed by atoms with E-state index < -0.39 is 6.10 Å². The van der Waals surface area contributed by atoms with E-state index in [9.17, 15) is 9.90 Å². The van der Waals surface area contributed by atoms with Crippen LogP contribution in [0.4, 0.5) is 0 Å². The first-order valence-electron chi connectivity index (χ1n) is 12.1. The maximum absolute atomic E-state index is 11.1. The van der Waals surface area contributed by atoms with Gasteiger partial charge in [0.25, 0.3) is 0 Å². The van der Waals surface area contributed by atoms with Gasteiger partial charge in [-0.3, -0.25) is 0 Å². The first-order valence-corrected chi connectivity index (χ1v) is 12.1. The molecule has 1 aliphatic carbocycles. The second-order valence-corrected chi connectivity index (χ2v) is 8.83. The summed E-state index contributed by atoms with van der Waals surface area (Å²) in [6, 6.07) is 0. The average molecular weight is 441 g/mol. The molecule has 7 heteroatoms. The van der Waals surface area contributed by atoms with Gasteiger partial charge in [-0.2, -0.15) is 0 Å². The van der Waals surface area contributed by atoms with Gasteiger partial charge >= 0.3 is 0 Å². The lowest BCUT2D eigenvalue weighted by Gasteiger charge is -2.28. The molecule has 1 saturated carbocycles. The lowest BCUT2D eigenvalue weighted by molar-refractivity contribution is -0.208. The molecule has 2 saturated heterocycles. The molecular weight excluding hydrogens is 400 g/mol. The molecule has 7 nitrogen and oxygen atoms in total. The average Bonchev–Trinajstić information content (AvgIpc) is 3.08. The number of carbonyl (C=O) groups excluding carboxylic acids is 1. The van der Waals surface area contributed by atoms with Gasteiger partial charge in [-0.25, -0.2) is 0 Å². The van der Waals surface area contributed by atoms with Crippen molar-refractivity contribution in [2.24, 2.45) is 11.8 Å². The van der Waals surface area contributed by atoms with Crippen molar-refractivity contribution in [3.05, 3.63) is 12.2 Å². The van der Waals surface area contributed by atoms with Crippen LogP contribution in [0, 0.1) is 11.8 Å². The highest BCUT2D eigenvalue weighted by molar-refractivity contribution is 5.50. The predicted octanol–water partition coefficient (Wildman–Crippen LogP) is 3.73. The maximum atomic E-state index is 11.1. The number of aliphatic hydroxyl groups excluding tert-OH is 1. The maximum Gasteiger partial charge on any atom is 0.160 e. The van der Waals surface area contributed by atoms with Gasteiger partial charge in [0.1, 0.15) is 13.1 Å². The van der Waals surface area contributed by atoms with Crippen LogP contribution in [0.25, 0.3) is 0 Å². The first kappa shape index (κ1) is 24.8. The van der Waals surface area contributed by atoms with Crippen molar-refractivity contribution < 1.29 is 33.6 Å². The molecule has 1 N–H and O–H groups in total. The second-order valence-electron chi connectivity index (χ2n) is 8.83. The number of rotatable bonds is 13. The fourth-order valence-corrected chi connectivity index (χ4v) is 4.70. The summed E-state index contributed by atoms with van der Waals surface area (Å²) in [6.45, 7) is 2.47. The van der Waals surface area contributed by atoms with Crippen molar-refractivity contribution in [1.29, 1.82) is 0 Å². The third kappa shape index (κ3) is 8.56. The van der Waals surface area contributed by atoms with Crippen molar-refractivity contribution in [3.8, 4) is 0 Å². The zero-order valence-electron chi connectivity index (χ0n) is 18.7. The van der Waals surface area contributed by atoms with Crippen LogP contribution in [0.3, 0.4) is 0 Å². The Morgan fingerprint density at radius 2 is 1.77 bits per heavy atom. The van der Waals surface area contributed by atoms with Gasteiger partial charge in [-0.1, -0.05) is 12.2 Å². The van der Waals surface area contributed by atoms with E-state index in [2.05, 4.69) is 12.2 Å². The van der Waals surface area contributed by atoms with Crippen LogP contribution in [0.15, 0.2) is 12.2 Å². The van der Waals surface area contributed by atoms with Crippen LogP contribution in [0.5, 0.6) is 0 Å². The van der Waals surface area contributed by atoms with Crippen molar-refractivity contribution >= 4 is 6.29 Å². The summed E-state index contributed by atoms with van der Waals surface area (Å²) in [4.78, 5) is 11.1. The number of unbranched alkanes of at least 4 members (excludes halogenated alkanes) is 2. The minimum absolute atomic E-state index is 0.0471. The van der Waals surface area contributed by atoms with Crippen molar-refractivity contribution in [2.45, 2.75) is 95.4 Å². The smallest absolute Gasteiger partial charge is 0.160 e. The van der Waals surface area contributed by atoms with Gasteiger partial charge in [0.05, 0.1) is 12.2 Å². The SMILES string of the molecule is O=CC[C@@H]1[C@@H](C=CCCCCOCOC2CCCCO2)[C@H](OC2CCCCO2)C[C@@H]1O. The molecule has 0 spiro atoms. The summed E-state index contributed by atoms with van der Waals surface area (Å²) in [5, 5.41) is 10.5. The number of hydrogen-bond acceptors (Lipinski definition) is 7. The number of aldehydes is 1. The molecule has 0 radical (unpaired) electrons. The monoisotopic (exact) mass is 440 g/mol. The Kier molecular flexibility index (Phi) is 11.5. The molecule has 0 aromatic carbocycles. The molecule has 3 rings (SSSR count). The zero-order valence-corrected chi connectivity index (χ0v) is 18.7. The van der Waals surface area contributed by atoms with Crippen LogP contribution in [0.2, 0.25) is 0 Å². The summed E-state index contributed by atoms with van der Waals surface area (Å²) in [5.74, 6) is -0.0318. The molecule has 0 bridgehead atoms. The third-order valence-corrected chi connectivity index (χ3v) is 6.47. The van der Waals surface area contributed by atoms with Gasteiger partial charge in [0, 0.05) is 44.5 Å². The minimum Gasteiger partial charge on any atom is -0.393 e. The van der Waals surface area contributed by atoms with E-state index in [-0.39, 0.29) is 37.3 Å². The van der Waals surface area contributed by atoms with Gasteiger partial charge in [0.2, 0.25) is 0 Å². The molecule has 2 heterocycles. The quantitative estimate of drug-likeness (QED) is 0.202. The van der Waals surface area contributed by atoms with Gasteiger partial charge in [-0.05, 0) is 57.8 Å². The van der Waals surface area contributed by atoms with E-state index in [4.69, 9.17) is 23.7 Å². The van der Waals surface area contributed by atoms with Crippen molar-refractivity contribution in [2.75, 3.05) is 26.6 Å². The Labute approximate surface area is 186 Å².